The minimum absolute atomic E-state index is 0.137. The predicted octanol–water partition coefficient (Wildman–Crippen LogP) is 3.13. The Hall–Kier alpha value is -2.23. The van der Waals surface area contributed by atoms with Crippen molar-refractivity contribution >= 4 is 29.1 Å². The van der Waals surface area contributed by atoms with Gasteiger partial charge in [-0.05, 0) is 6.07 Å². The first kappa shape index (κ1) is 17.1. The number of nitrogens with zero attached hydrogens (tertiary/aromatic N) is 2. The van der Waals surface area contributed by atoms with Crippen LogP contribution >= 0.6 is 11.6 Å². The number of ether oxygens (including phenoxy) is 1. The van der Waals surface area contributed by atoms with E-state index < -0.39 is 33.5 Å². The number of benzene rings is 1. The van der Waals surface area contributed by atoms with Gasteiger partial charge in [0.1, 0.15) is 5.69 Å². The average molecular weight is 354 g/mol. The number of nitrogens with one attached hydrogen (secondary N) is 1. The molecule has 0 spiro atoms. The molecule has 1 fully saturated rings. The molecular weight excluding hydrogens is 343 g/mol. The van der Waals surface area contributed by atoms with Gasteiger partial charge in [0.2, 0.25) is 0 Å². The van der Waals surface area contributed by atoms with Crippen LogP contribution in [0.15, 0.2) is 12.1 Å². The van der Waals surface area contributed by atoms with Crippen LogP contribution in [0.1, 0.15) is 5.56 Å². The summed E-state index contributed by atoms with van der Waals surface area (Å²) in [6.45, 7) is 0.422. The number of anilines is 1. The Morgan fingerprint density at radius 1 is 1.48 bits per heavy atom. The fourth-order valence-electron chi connectivity index (χ4n) is 2.11. The van der Waals surface area contributed by atoms with Gasteiger partial charge in [0, 0.05) is 19.2 Å². The fraction of sp³-hybridized carbons (Fsp3) is 0.417. The lowest BCUT2D eigenvalue weighted by Crippen LogP contribution is -2.57. The van der Waals surface area contributed by atoms with Crippen LogP contribution in [0.25, 0.3) is 0 Å². The van der Waals surface area contributed by atoms with Gasteiger partial charge in [-0.3, -0.25) is 10.1 Å². The minimum atomic E-state index is -4.79. The molecule has 23 heavy (non-hydrogen) atoms. The molecule has 1 saturated heterocycles. The van der Waals surface area contributed by atoms with Crippen molar-refractivity contribution in [2.24, 2.45) is 0 Å². The lowest BCUT2D eigenvalue weighted by Gasteiger charge is -2.38. The summed E-state index contributed by atoms with van der Waals surface area (Å²) in [5.74, 6) is 0. The molecule has 1 aromatic rings. The zero-order valence-corrected chi connectivity index (χ0v) is 12.4. The van der Waals surface area contributed by atoms with Gasteiger partial charge in [-0.1, -0.05) is 11.6 Å². The van der Waals surface area contributed by atoms with E-state index in [1.54, 1.807) is 0 Å². The number of hydrogen-bond acceptors (Lipinski definition) is 5. The number of carbonyl (C=O) groups excluding carboxylic acids is 1. The lowest BCUT2D eigenvalue weighted by molar-refractivity contribution is -0.384. The summed E-state index contributed by atoms with van der Waals surface area (Å²) in [6.07, 6.45) is -5.35. The van der Waals surface area contributed by atoms with E-state index in [1.807, 2.05) is 0 Å². The van der Waals surface area contributed by atoms with E-state index in [9.17, 15) is 28.1 Å². The summed E-state index contributed by atoms with van der Waals surface area (Å²) in [5, 5.41) is 13.1. The van der Waals surface area contributed by atoms with Crippen molar-refractivity contribution in [2.75, 3.05) is 25.5 Å². The molecule has 1 aliphatic rings. The Kier molecular flexibility index (Phi) is 4.55. The number of methoxy groups -OCH3 is 1. The van der Waals surface area contributed by atoms with Crippen molar-refractivity contribution in [3.63, 3.8) is 0 Å². The number of hydrogen-bond donors (Lipinski definition) is 1. The molecule has 1 amide bonds. The van der Waals surface area contributed by atoms with Gasteiger partial charge in [-0.15, -0.1) is 0 Å². The van der Waals surface area contributed by atoms with Crippen LogP contribution in [0, 0.1) is 10.1 Å². The van der Waals surface area contributed by atoms with Crippen LogP contribution in [-0.2, 0) is 10.9 Å². The normalized spacial score (nSPS) is 15.1. The molecule has 11 heteroatoms. The summed E-state index contributed by atoms with van der Waals surface area (Å²) < 4.78 is 42.8. The Balaban J connectivity index is 2.21. The van der Waals surface area contributed by atoms with Crippen LogP contribution in [0.4, 0.5) is 29.3 Å². The number of nitro groups is 1. The standard InChI is InChI=1S/C12H11ClF3N3O4/c1-23-11(20)18-4-6(5-18)17-9-3-8(13)7(12(14,15)16)2-10(9)19(21)22/h2-3,6,17H,4-5H2,1H3. The van der Waals surface area contributed by atoms with Crippen molar-refractivity contribution < 1.29 is 27.6 Å². The van der Waals surface area contributed by atoms with E-state index in [-0.39, 0.29) is 24.8 Å². The van der Waals surface area contributed by atoms with Crippen LogP contribution in [0.2, 0.25) is 5.02 Å². The number of likely N-dealkylation sites (tertiary alicyclic amines) is 1. The minimum Gasteiger partial charge on any atom is -0.453 e. The third-order valence-electron chi connectivity index (χ3n) is 3.26. The van der Waals surface area contributed by atoms with Gasteiger partial charge >= 0.3 is 12.3 Å². The van der Waals surface area contributed by atoms with Crippen LogP contribution in [0.3, 0.4) is 0 Å². The molecule has 0 unspecified atom stereocenters. The van der Waals surface area contributed by atoms with Gasteiger partial charge in [0.25, 0.3) is 5.69 Å². The molecule has 0 atom stereocenters. The summed E-state index contributed by atoms with van der Waals surface area (Å²) in [6, 6.07) is 0.908. The Bertz CT molecular complexity index is 647. The topological polar surface area (TPSA) is 84.7 Å². The molecule has 1 aromatic carbocycles. The van der Waals surface area contributed by atoms with Crippen molar-refractivity contribution in [2.45, 2.75) is 12.2 Å². The highest BCUT2D eigenvalue weighted by molar-refractivity contribution is 6.31. The van der Waals surface area contributed by atoms with E-state index in [1.165, 1.54) is 12.0 Å². The molecule has 126 valence electrons. The number of halogens is 4. The number of amides is 1. The first-order chi connectivity index (χ1) is 10.6. The molecule has 0 radical (unpaired) electrons. The van der Waals surface area contributed by atoms with E-state index in [2.05, 4.69) is 10.1 Å². The Morgan fingerprint density at radius 3 is 2.57 bits per heavy atom. The highest BCUT2D eigenvalue weighted by atomic mass is 35.5. The van der Waals surface area contributed by atoms with E-state index in [4.69, 9.17) is 11.6 Å². The van der Waals surface area contributed by atoms with Gasteiger partial charge in [-0.25, -0.2) is 4.79 Å². The van der Waals surface area contributed by atoms with Crippen molar-refractivity contribution in [3.8, 4) is 0 Å². The summed E-state index contributed by atoms with van der Waals surface area (Å²) >= 11 is 5.57. The molecule has 0 aromatic heterocycles. The van der Waals surface area contributed by atoms with Gasteiger partial charge in [0.05, 0.1) is 28.7 Å². The quantitative estimate of drug-likeness (QED) is 0.666. The number of rotatable bonds is 3. The van der Waals surface area contributed by atoms with Gasteiger partial charge in [-0.2, -0.15) is 13.2 Å². The van der Waals surface area contributed by atoms with Crippen LogP contribution < -0.4 is 5.32 Å². The number of nitro benzene ring substituents is 1. The molecule has 0 bridgehead atoms. The fourth-order valence-corrected chi connectivity index (χ4v) is 2.38. The zero-order chi connectivity index (χ0) is 17.4. The third-order valence-corrected chi connectivity index (χ3v) is 3.57. The molecule has 1 aliphatic heterocycles. The number of alkyl halides is 3. The number of carbonyl (C=O) groups is 1. The van der Waals surface area contributed by atoms with Crippen LogP contribution in [-0.4, -0.2) is 42.2 Å². The molecule has 1 heterocycles. The summed E-state index contributed by atoms with van der Waals surface area (Å²) in [7, 11) is 1.21. The molecular formula is C12H11ClF3N3O4. The maximum Gasteiger partial charge on any atom is 0.418 e. The molecule has 0 saturated carbocycles. The van der Waals surface area contributed by atoms with Crippen molar-refractivity contribution in [1.82, 2.24) is 4.90 Å². The summed E-state index contributed by atoms with van der Waals surface area (Å²) in [4.78, 5) is 22.6. The SMILES string of the molecule is COC(=O)N1CC(Nc2cc(Cl)c(C(F)(F)F)cc2[N+](=O)[O-])C1. The second kappa shape index (κ2) is 6.11. The van der Waals surface area contributed by atoms with Crippen molar-refractivity contribution in [3.05, 3.63) is 32.8 Å². The predicted molar refractivity (Wildman–Crippen MR) is 74.5 cm³/mol. The Morgan fingerprint density at radius 2 is 2.09 bits per heavy atom. The first-order valence-electron chi connectivity index (χ1n) is 6.28. The monoisotopic (exact) mass is 353 g/mol. The lowest BCUT2D eigenvalue weighted by atomic mass is 10.1. The molecule has 0 aliphatic carbocycles. The first-order valence-corrected chi connectivity index (χ1v) is 6.66. The van der Waals surface area contributed by atoms with Gasteiger partial charge < -0.3 is 15.0 Å². The smallest absolute Gasteiger partial charge is 0.418 e. The van der Waals surface area contributed by atoms with Gasteiger partial charge in [0.15, 0.2) is 0 Å². The largest absolute Gasteiger partial charge is 0.453 e. The van der Waals surface area contributed by atoms with Crippen molar-refractivity contribution in [1.29, 1.82) is 0 Å². The second-order valence-corrected chi connectivity index (χ2v) is 5.23. The second-order valence-electron chi connectivity index (χ2n) is 4.82. The van der Waals surface area contributed by atoms with E-state index in [0.29, 0.717) is 6.07 Å². The van der Waals surface area contributed by atoms with E-state index in [0.717, 1.165) is 6.07 Å². The molecule has 2 rings (SSSR count). The molecule has 7 nitrogen and oxygen atoms in total. The van der Waals surface area contributed by atoms with Crippen LogP contribution in [0.5, 0.6) is 0 Å². The maximum atomic E-state index is 12.8. The highest BCUT2D eigenvalue weighted by Crippen LogP contribution is 2.40. The van der Waals surface area contributed by atoms with E-state index >= 15 is 0 Å². The Labute approximate surface area is 133 Å². The maximum absolute atomic E-state index is 12.8. The highest BCUT2D eigenvalue weighted by Gasteiger charge is 2.37. The summed E-state index contributed by atoms with van der Waals surface area (Å²) in [5.41, 5.74) is -2.15. The molecule has 1 N–H and O–H groups in total. The third kappa shape index (κ3) is 3.58. The zero-order valence-electron chi connectivity index (χ0n) is 11.7. The average Bonchev–Trinajstić information content (AvgIpc) is 2.39.